The Morgan fingerprint density at radius 2 is 1.88 bits per heavy atom. The molecule has 6 nitrogen and oxygen atoms in total. The Bertz CT molecular complexity index is 739. The maximum atomic E-state index is 11.8. The molecular weight excluding hydrogens is 306 g/mol. The number of nitrogens with zero attached hydrogens (tertiary/aromatic N) is 1. The van der Waals surface area contributed by atoms with Crippen molar-refractivity contribution < 1.29 is 14.3 Å². The highest BCUT2D eigenvalue weighted by Gasteiger charge is 2.12. The summed E-state index contributed by atoms with van der Waals surface area (Å²) in [5.41, 5.74) is 4.71. The van der Waals surface area contributed by atoms with Gasteiger partial charge in [-0.1, -0.05) is 37.3 Å². The van der Waals surface area contributed by atoms with E-state index in [4.69, 9.17) is 4.74 Å². The third-order valence-corrected chi connectivity index (χ3v) is 3.30. The molecule has 0 fully saturated rings. The molecule has 2 amide bonds. The zero-order chi connectivity index (χ0) is 17.4. The highest BCUT2D eigenvalue weighted by molar-refractivity contribution is 6.39. The second-order valence-corrected chi connectivity index (χ2v) is 4.98. The first-order valence-corrected chi connectivity index (χ1v) is 7.49. The lowest BCUT2D eigenvalue weighted by molar-refractivity contribution is -0.136. The maximum absolute atomic E-state index is 11.8. The van der Waals surface area contributed by atoms with Crippen LogP contribution in [0.3, 0.4) is 0 Å². The van der Waals surface area contributed by atoms with Crippen molar-refractivity contribution in [1.82, 2.24) is 5.43 Å². The number of methoxy groups -OCH3 is 1. The summed E-state index contributed by atoms with van der Waals surface area (Å²) < 4.78 is 5.05. The first kappa shape index (κ1) is 17.2. The number of amides is 2. The lowest BCUT2D eigenvalue weighted by Crippen LogP contribution is -2.32. The van der Waals surface area contributed by atoms with E-state index in [9.17, 15) is 9.59 Å². The molecule has 0 saturated heterocycles. The normalized spacial score (nSPS) is 10.4. The summed E-state index contributed by atoms with van der Waals surface area (Å²) in [5, 5.41) is 6.26. The van der Waals surface area contributed by atoms with Gasteiger partial charge in [-0.25, -0.2) is 5.43 Å². The van der Waals surface area contributed by atoms with Crippen molar-refractivity contribution in [3.8, 4) is 5.75 Å². The third kappa shape index (κ3) is 4.95. The van der Waals surface area contributed by atoms with Crippen LogP contribution in [0.15, 0.2) is 53.6 Å². The molecule has 6 heteroatoms. The monoisotopic (exact) mass is 325 g/mol. The van der Waals surface area contributed by atoms with E-state index in [-0.39, 0.29) is 0 Å². The van der Waals surface area contributed by atoms with Crippen molar-refractivity contribution in [2.45, 2.75) is 13.3 Å². The van der Waals surface area contributed by atoms with Crippen molar-refractivity contribution >= 4 is 23.7 Å². The van der Waals surface area contributed by atoms with E-state index in [1.165, 1.54) is 18.9 Å². The number of nitrogens with one attached hydrogen (secondary N) is 2. The number of carbonyl (C=O) groups excluding carboxylic acids is 2. The molecule has 0 bridgehead atoms. The van der Waals surface area contributed by atoms with Gasteiger partial charge in [0.15, 0.2) is 0 Å². The van der Waals surface area contributed by atoms with Gasteiger partial charge in [0.05, 0.1) is 13.3 Å². The molecule has 0 atom stereocenters. The minimum atomic E-state index is -0.848. The second-order valence-electron chi connectivity index (χ2n) is 4.98. The van der Waals surface area contributed by atoms with Crippen LogP contribution >= 0.6 is 0 Å². The molecule has 0 aliphatic heterocycles. The summed E-state index contributed by atoms with van der Waals surface area (Å²) in [7, 11) is 1.52. The van der Waals surface area contributed by atoms with Crippen molar-refractivity contribution in [1.29, 1.82) is 0 Å². The van der Waals surface area contributed by atoms with Gasteiger partial charge < -0.3 is 10.1 Å². The van der Waals surface area contributed by atoms with Gasteiger partial charge in [-0.15, -0.1) is 0 Å². The number of hydrogen-bond acceptors (Lipinski definition) is 4. The standard InChI is InChI=1S/C18H19N3O3/c1-3-13-7-9-14(10-8-13)12-19-21-18(23)17(22)20-15-5-4-6-16(11-15)24-2/h4-12H,3H2,1-2H3,(H,20,22)(H,21,23)/b19-12-. The van der Waals surface area contributed by atoms with E-state index in [1.54, 1.807) is 24.3 Å². The molecule has 0 spiro atoms. The van der Waals surface area contributed by atoms with Crippen LogP contribution < -0.4 is 15.5 Å². The average Bonchev–Trinajstić information content (AvgIpc) is 2.62. The van der Waals surface area contributed by atoms with Gasteiger partial charge in [-0.2, -0.15) is 5.10 Å². The number of carbonyl (C=O) groups is 2. The predicted molar refractivity (Wildman–Crippen MR) is 93.2 cm³/mol. The SMILES string of the molecule is CCc1ccc(/C=N\NC(=O)C(=O)Nc2cccc(OC)c2)cc1. The van der Waals surface area contributed by atoms with Crippen LogP contribution in [-0.4, -0.2) is 25.1 Å². The van der Waals surface area contributed by atoms with E-state index in [2.05, 4.69) is 22.8 Å². The fourth-order valence-corrected chi connectivity index (χ4v) is 1.94. The Hall–Kier alpha value is -3.15. The fraction of sp³-hybridized carbons (Fsp3) is 0.167. The van der Waals surface area contributed by atoms with E-state index >= 15 is 0 Å². The Labute approximate surface area is 140 Å². The second kappa shape index (κ2) is 8.47. The summed E-state index contributed by atoms with van der Waals surface area (Å²) in [4.78, 5) is 23.5. The first-order chi connectivity index (χ1) is 11.6. The smallest absolute Gasteiger partial charge is 0.329 e. The molecule has 0 aromatic heterocycles. The molecule has 0 radical (unpaired) electrons. The minimum Gasteiger partial charge on any atom is -0.497 e. The van der Waals surface area contributed by atoms with Gasteiger partial charge in [-0.3, -0.25) is 9.59 Å². The minimum absolute atomic E-state index is 0.466. The van der Waals surface area contributed by atoms with Gasteiger partial charge in [0.1, 0.15) is 5.75 Å². The zero-order valence-electron chi connectivity index (χ0n) is 13.6. The number of aryl methyl sites for hydroxylation is 1. The van der Waals surface area contributed by atoms with Crippen LogP contribution in [0.5, 0.6) is 5.75 Å². The largest absolute Gasteiger partial charge is 0.497 e. The van der Waals surface area contributed by atoms with Gasteiger partial charge in [-0.05, 0) is 29.7 Å². The van der Waals surface area contributed by atoms with E-state index in [0.29, 0.717) is 11.4 Å². The molecule has 2 rings (SSSR count). The Morgan fingerprint density at radius 3 is 2.54 bits per heavy atom. The molecule has 0 heterocycles. The maximum Gasteiger partial charge on any atom is 0.329 e. The van der Waals surface area contributed by atoms with Crippen molar-refractivity contribution in [2.24, 2.45) is 5.10 Å². The zero-order valence-corrected chi connectivity index (χ0v) is 13.6. The highest BCUT2D eigenvalue weighted by Crippen LogP contribution is 2.16. The molecule has 0 unspecified atom stereocenters. The summed E-state index contributed by atoms with van der Waals surface area (Å²) in [6.45, 7) is 2.07. The topological polar surface area (TPSA) is 79.8 Å². The molecular formula is C18H19N3O3. The fourth-order valence-electron chi connectivity index (χ4n) is 1.94. The van der Waals surface area contributed by atoms with Crippen LogP contribution in [0.1, 0.15) is 18.1 Å². The van der Waals surface area contributed by atoms with E-state index < -0.39 is 11.8 Å². The molecule has 2 N–H and O–H groups in total. The molecule has 2 aromatic rings. The molecule has 2 aromatic carbocycles. The Balaban J connectivity index is 1.88. The predicted octanol–water partition coefficient (Wildman–Crippen LogP) is 2.35. The van der Waals surface area contributed by atoms with Crippen LogP contribution in [0.25, 0.3) is 0 Å². The molecule has 24 heavy (non-hydrogen) atoms. The quantitative estimate of drug-likeness (QED) is 0.503. The van der Waals surface area contributed by atoms with E-state index in [1.807, 2.05) is 24.3 Å². The van der Waals surface area contributed by atoms with Gasteiger partial charge in [0.25, 0.3) is 0 Å². The van der Waals surface area contributed by atoms with Crippen LogP contribution in [0, 0.1) is 0 Å². The van der Waals surface area contributed by atoms with Crippen LogP contribution in [-0.2, 0) is 16.0 Å². The molecule has 0 saturated carbocycles. The summed E-state index contributed by atoms with van der Waals surface area (Å²) in [5.74, 6) is -1.07. The number of hydrazone groups is 1. The number of ether oxygens (including phenoxy) is 1. The number of rotatable bonds is 5. The van der Waals surface area contributed by atoms with Gasteiger partial charge >= 0.3 is 11.8 Å². The Kier molecular flexibility index (Phi) is 6.08. The summed E-state index contributed by atoms with van der Waals surface area (Å²) in [6.07, 6.45) is 2.44. The van der Waals surface area contributed by atoms with Crippen molar-refractivity contribution in [3.05, 3.63) is 59.7 Å². The average molecular weight is 325 g/mol. The molecule has 124 valence electrons. The lowest BCUT2D eigenvalue weighted by atomic mass is 10.1. The Morgan fingerprint density at radius 1 is 1.12 bits per heavy atom. The summed E-state index contributed by atoms with van der Waals surface area (Å²) in [6, 6.07) is 14.5. The van der Waals surface area contributed by atoms with Gasteiger partial charge in [0, 0.05) is 11.8 Å². The van der Waals surface area contributed by atoms with Gasteiger partial charge in [0.2, 0.25) is 0 Å². The number of hydrogen-bond donors (Lipinski definition) is 2. The third-order valence-electron chi connectivity index (χ3n) is 3.30. The summed E-state index contributed by atoms with van der Waals surface area (Å²) >= 11 is 0. The van der Waals surface area contributed by atoms with Crippen LogP contribution in [0.2, 0.25) is 0 Å². The number of benzene rings is 2. The number of anilines is 1. The molecule has 0 aliphatic rings. The van der Waals surface area contributed by atoms with E-state index in [0.717, 1.165) is 12.0 Å². The van der Waals surface area contributed by atoms with Crippen LogP contribution in [0.4, 0.5) is 5.69 Å². The van der Waals surface area contributed by atoms with Crippen molar-refractivity contribution in [2.75, 3.05) is 12.4 Å². The molecule has 0 aliphatic carbocycles. The van der Waals surface area contributed by atoms with Crippen molar-refractivity contribution in [3.63, 3.8) is 0 Å². The highest BCUT2D eigenvalue weighted by atomic mass is 16.5. The first-order valence-electron chi connectivity index (χ1n) is 7.49. The lowest BCUT2D eigenvalue weighted by Gasteiger charge is -2.05.